The normalized spacial score (nSPS) is 14.0. The largest absolute Gasteiger partial charge is 0.372 e. The number of aromatic nitrogens is 3. The van der Waals surface area contributed by atoms with Crippen LogP contribution < -0.4 is 4.90 Å². The summed E-state index contributed by atoms with van der Waals surface area (Å²) in [4.78, 5) is 27.6. The van der Waals surface area contributed by atoms with Crippen LogP contribution in [0.25, 0.3) is 11.4 Å². The fourth-order valence-electron chi connectivity index (χ4n) is 3.42. The van der Waals surface area contributed by atoms with Gasteiger partial charge in [0.1, 0.15) is 0 Å². The van der Waals surface area contributed by atoms with Crippen molar-refractivity contribution in [2.24, 2.45) is 0 Å². The third-order valence-electron chi connectivity index (χ3n) is 4.99. The number of anilines is 1. The van der Waals surface area contributed by atoms with Crippen molar-refractivity contribution in [2.45, 2.75) is 45.3 Å². The first kappa shape index (κ1) is 20.4. The van der Waals surface area contributed by atoms with E-state index in [4.69, 9.17) is 0 Å². The number of rotatable bonds is 8. The highest BCUT2D eigenvalue weighted by atomic mass is 32.2. The summed E-state index contributed by atoms with van der Waals surface area (Å²) < 4.78 is 2.01. The molecule has 1 aliphatic heterocycles. The van der Waals surface area contributed by atoms with Crippen LogP contribution in [-0.4, -0.2) is 56.9 Å². The molecule has 0 saturated carbocycles. The number of likely N-dealkylation sites (tertiary alicyclic amines) is 1. The second-order valence-electron chi connectivity index (χ2n) is 6.60. The molecule has 28 heavy (non-hydrogen) atoms. The first-order chi connectivity index (χ1) is 13.6. The third kappa shape index (κ3) is 4.22. The number of nitrogens with zero attached hydrogens (tertiary/aromatic N) is 5. The Morgan fingerprint density at radius 1 is 1.14 bits per heavy atom. The Kier molecular flexibility index (Phi) is 6.72. The van der Waals surface area contributed by atoms with E-state index >= 15 is 0 Å². The maximum Gasteiger partial charge on any atom is 0.239 e. The molecule has 1 aliphatic rings. The van der Waals surface area contributed by atoms with Crippen LogP contribution in [0.4, 0.5) is 5.69 Å². The lowest BCUT2D eigenvalue weighted by Crippen LogP contribution is -2.33. The van der Waals surface area contributed by atoms with E-state index in [2.05, 4.69) is 53.2 Å². The molecule has 0 radical (unpaired) electrons. The Bertz CT molecular complexity index is 830. The van der Waals surface area contributed by atoms with Crippen LogP contribution in [-0.2, 0) is 16.1 Å². The summed E-state index contributed by atoms with van der Waals surface area (Å²) in [6.07, 6.45) is 1.23. The zero-order valence-corrected chi connectivity index (χ0v) is 17.5. The van der Waals surface area contributed by atoms with E-state index in [9.17, 15) is 9.59 Å². The van der Waals surface area contributed by atoms with Crippen molar-refractivity contribution in [3.63, 3.8) is 0 Å². The zero-order valence-electron chi connectivity index (χ0n) is 16.7. The molecule has 7 nitrogen and oxygen atoms in total. The number of amides is 2. The quantitative estimate of drug-likeness (QED) is 0.633. The van der Waals surface area contributed by atoms with E-state index in [1.165, 1.54) is 22.3 Å². The molecule has 2 amide bonds. The minimum atomic E-state index is -0.150. The molecule has 2 heterocycles. The van der Waals surface area contributed by atoms with Crippen molar-refractivity contribution in [1.82, 2.24) is 19.7 Å². The van der Waals surface area contributed by atoms with Gasteiger partial charge in [-0.05, 0) is 51.5 Å². The SMILES string of the molecule is CCN(CC)c1ccc(-c2nnc(SCC(=O)N3CCCC3=O)n2CC)cc1. The summed E-state index contributed by atoms with van der Waals surface area (Å²) >= 11 is 1.34. The standard InChI is InChI=1S/C20H27N5O2S/c1-4-23(5-2)16-11-9-15(10-12-16)19-21-22-20(24(19)6-3)28-14-18(27)25-13-7-8-17(25)26/h9-12H,4-8,13-14H2,1-3H3. The van der Waals surface area contributed by atoms with Crippen LogP contribution in [0.2, 0.25) is 0 Å². The van der Waals surface area contributed by atoms with Crippen molar-refractivity contribution in [1.29, 1.82) is 0 Å². The third-order valence-corrected chi connectivity index (χ3v) is 5.94. The van der Waals surface area contributed by atoms with Crippen LogP contribution in [0.15, 0.2) is 29.4 Å². The average Bonchev–Trinajstić information content (AvgIpc) is 3.33. The predicted molar refractivity (Wildman–Crippen MR) is 111 cm³/mol. The Morgan fingerprint density at radius 3 is 2.43 bits per heavy atom. The highest BCUT2D eigenvalue weighted by Gasteiger charge is 2.26. The summed E-state index contributed by atoms with van der Waals surface area (Å²) in [7, 11) is 0. The van der Waals surface area contributed by atoms with Gasteiger partial charge in [-0.25, -0.2) is 0 Å². The molecule has 0 bridgehead atoms. The molecule has 0 spiro atoms. The minimum absolute atomic E-state index is 0.0726. The van der Waals surface area contributed by atoms with E-state index in [0.29, 0.717) is 24.7 Å². The molecule has 0 unspecified atom stereocenters. The predicted octanol–water partition coefficient (Wildman–Crippen LogP) is 3.05. The smallest absolute Gasteiger partial charge is 0.239 e. The van der Waals surface area contributed by atoms with E-state index in [1.807, 2.05) is 11.5 Å². The molecular formula is C20H27N5O2S. The first-order valence-corrected chi connectivity index (χ1v) is 10.8. The Labute approximate surface area is 170 Å². The second kappa shape index (κ2) is 9.23. The number of benzene rings is 1. The number of hydrogen-bond acceptors (Lipinski definition) is 6. The molecule has 8 heteroatoms. The van der Waals surface area contributed by atoms with E-state index in [0.717, 1.165) is 30.9 Å². The van der Waals surface area contributed by atoms with Crippen molar-refractivity contribution < 1.29 is 9.59 Å². The number of hydrogen-bond donors (Lipinski definition) is 0. The maximum absolute atomic E-state index is 12.3. The first-order valence-electron chi connectivity index (χ1n) is 9.83. The minimum Gasteiger partial charge on any atom is -0.372 e. The van der Waals surface area contributed by atoms with Crippen LogP contribution in [0, 0.1) is 0 Å². The van der Waals surface area contributed by atoms with Crippen molar-refractivity contribution >= 4 is 29.3 Å². The molecule has 1 fully saturated rings. The molecule has 1 saturated heterocycles. The molecule has 1 aromatic carbocycles. The van der Waals surface area contributed by atoms with E-state index in [1.54, 1.807) is 0 Å². The van der Waals surface area contributed by atoms with Crippen molar-refractivity contribution in [2.75, 3.05) is 30.3 Å². The number of imide groups is 1. The van der Waals surface area contributed by atoms with Crippen LogP contribution >= 0.6 is 11.8 Å². The van der Waals surface area contributed by atoms with Gasteiger partial charge in [0.25, 0.3) is 0 Å². The molecular weight excluding hydrogens is 374 g/mol. The fraction of sp³-hybridized carbons (Fsp3) is 0.500. The van der Waals surface area contributed by atoms with Gasteiger partial charge in [-0.15, -0.1) is 10.2 Å². The summed E-state index contributed by atoms with van der Waals surface area (Å²) in [6, 6.07) is 8.33. The molecule has 1 aromatic heterocycles. The lowest BCUT2D eigenvalue weighted by Gasteiger charge is -2.21. The highest BCUT2D eigenvalue weighted by molar-refractivity contribution is 7.99. The molecule has 0 aliphatic carbocycles. The molecule has 150 valence electrons. The van der Waals surface area contributed by atoms with Gasteiger partial charge in [-0.1, -0.05) is 11.8 Å². The number of carbonyl (C=O) groups is 2. The highest BCUT2D eigenvalue weighted by Crippen LogP contribution is 2.26. The van der Waals surface area contributed by atoms with E-state index < -0.39 is 0 Å². The summed E-state index contributed by atoms with van der Waals surface area (Å²) in [5.41, 5.74) is 2.19. The van der Waals surface area contributed by atoms with Crippen molar-refractivity contribution in [3.05, 3.63) is 24.3 Å². The maximum atomic E-state index is 12.3. The van der Waals surface area contributed by atoms with Gasteiger partial charge >= 0.3 is 0 Å². The summed E-state index contributed by atoms with van der Waals surface area (Å²) in [5, 5.41) is 9.33. The molecule has 3 rings (SSSR count). The van der Waals surface area contributed by atoms with Crippen LogP contribution in [0.1, 0.15) is 33.6 Å². The Morgan fingerprint density at radius 2 is 1.86 bits per heavy atom. The average molecular weight is 402 g/mol. The van der Waals surface area contributed by atoms with Gasteiger partial charge in [0, 0.05) is 43.9 Å². The van der Waals surface area contributed by atoms with Crippen LogP contribution in [0.5, 0.6) is 0 Å². The van der Waals surface area contributed by atoms with Gasteiger partial charge in [-0.3, -0.25) is 14.5 Å². The molecule has 0 N–H and O–H groups in total. The Hall–Kier alpha value is -2.35. The zero-order chi connectivity index (χ0) is 20.1. The van der Waals surface area contributed by atoms with E-state index in [-0.39, 0.29) is 17.6 Å². The van der Waals surface area contributed by atoms with Gasteiger partial charge in [0.15, 0.2) is 11.0 Å². The van der Waals surface area contributed by atoms with Gasteiger partial charge < -0.3 is 9.47 Å². The number of thioether (sulfide) groups is 1. The van der Waals surface area contributed by atoms with Gasteiger partial charge in [0.05, 0.1) is 5.75 Å². The Balaban J connectivity index is 1.73. The lowest BCUT2D eigenvalue weighted by molar-refractivity contribution is -0.140. The van der Waals surface area contributed by atoms with Gasteiger partial charge in [0.2, 0.25) is 11.8 Å². The summed E-state index contributed by atoms with van der Waals surface area (Å²) in [5.74, 6) is 0.769. The second-order valence-corrected chi connectivity index (χ2v) is 7.54. The fourth-order valence-corrected chi connectivity index (χ4v) is 4.30. The molecule has 0 atom stereocenters. The topological polar surface area (TPSA) is 71.3 Å². The van der Waals surface area contributed by atoms with Crippen molar-refractivity contribution in [3.8, 4) is 11.4 Å². The summed E-state index contributed by atoms with van der Waals surface area (Å²) in [6.45, 7) is 9.50. The number of carbonyl (C=O) groups excluding carboxylic acids is 2. The monoisotopic (exact) mass is 401 g/mol. The lowest BCUT2D eigenvalue weighted by atomic mass is 10.2. The molecule has 2 aromatic rings. The van der Waals surface area contributed by atoms with Crippen LogP contribution in [0.3, 0.4) is 0 Å². The van der Waals surface area contributed by atoms with Gasteiger partial charge in [-0.2, -0.15) is 0 Å².